The number of hydrogen-bond donors (Lipinski definition) is 2. The maximum atomic E-state index is 9.77. The van der Waals surface area contributed by atoms with Gasteiger partial charge in [0.05, 0.1) is 0 Å². The van der Waals surface area contributed by atoms with Gasteiger partial charge in [0.1, 0.15) is 11.9 Å². The lowest BCUT2D eigenvalue weighted by Crippen LogP contribution is -1.93. The summed E-state index contributed by atoms with van der Waals surface area (Å²) >= 11 is 0. The van der Waals surface area contributed by atoms with Crippen LogP contribution in [0.25, 0.3) is 0 Å². The third-order valence-electron chi connectivity index (χ3n) is 2.63. The summed E-state index contributed by atoms with van der Waals surface area (Å²) in [5.41, 5.74) is 0.480. The molecule has 0 bridgehead atoms. The van der Waals surface area contributed by atoms with Crippen molar-refractivity contribution in [1.82, 2.24) is 0 Å². The van der Waals surface area contributed by atoms with E-state index >= 15 is 0 Å². The smallest absolute Gasteiger partial charge is 0.143 e. The highest BCUT2D eigenvalue weighted by atomic mass is 16.3. The first-order valence-corrected chi connectivity index (χ1v) is 6.20. The summed E-state index contributed by atoms with van der Waals surface area (Å²) in [6, 6.07) is 6.75. The maximum Gasteiger partial charge on any atom is 0.143 e. The van der Waals surface area contributed by atoms with Crippen molar-refractivity contribution in [2.75, 3.05) is 0 Å². The molecule has 0 fully saturated rings. The van der Waals surface area contributed by atoms with E-state index in [0.29, 0.717) is 5.56 Å². The van der Waals surface area contributed by atoms with E-state index in [1.54, 1.807) is 24.3 Å². The van der Waals surface area contributed by atoms with Gasteiger partial charge in [-0.15, -0.1) is 5.92 Å². The molecule has 0 saturated heterocycles. The zero-order chi connectivity index (χ0) is 12.5. The van der Waals surface area contributed by atoms with E-state index in [2.05, 4.69) is 18.8 Å². The van der Waals surface area contributed by atoms with Gasteiger partial charge in [-0.05, 0) is 12.5 Å². The number of aromatic hydroxyl groups is 1. The Kier molecular flexibility index (Phi) is 6.21. The van der Waals surface area contributed by atoms with Gasteiger partial charge < -0.3 is 10.2 Å². The number of unbranched alkanes of at least 4 members (excludes halogenated alkanes) is 4. The first-order chi connectivity index (χ1) is 8.25. The van der Waals surface area contributed by atoms with Crippen molar-refractivity contribution in [3.05, 3.63) is 29.8 Å². The van der Waals surface area contributed by atoms with E-state index in [1.807, 2.05) is 0 Å². The van der Waals surface area contributed by atoms with Crippen molar-refractivity contribution in [1.29, 1.82) is 0 Å². The summed E-state index contributed by atoms with van der Waals surface area (Å²) in [5.74, 6) is 5.82. The van der Waals surface area contributed by atoms with Gasteiger partial charge in [0.15, 0.2) is 0 Å². The molecule has 0 aliphatic heterocycles. The Morgan fingerprint density at radius 2 is 1.94 bits per heavy atom. The Balaban J connectivity index is 2.41. The molecule has 0 aliphatic carbocycles. The van der Waals surface area contributed by atoms with Crippen molar-refractivity contribution in [3.63, 3.8) is 0 Å². The van der Waals surface area contributed by atoms with Gasteiger partial charge in [0.25, 0.3) is 0 Å². The number of phenols is 1. The fourth-order valence-electron chi connectivity index (χ4n) is 1.61. The minimum atomic E-state index is -0.887. The van der Waals surface area contributed by atoms with Crippen LogP contribution in [0.3, 0.4) is 0 Å². The zero-order valence-electron chi connectivity index (χ0n) is 10.3. The minimum absolute atomic E-state index is 0.0975. The van der Waals surface area contributed by atoms with Crippen LogP contribution in [0.2, 0.25) is 0 Å². The van der Waals surface area contributed by atoms with Gasteiger partial charge >= 0.3 is 0 Å². The zero-order valence-corrected chi connectivity index (χ0v) is 10.3. The monoisotopic (exact) mass is 232 g/mol. The second kappa shape index (κ2) is 7.76. The van der Waals surface area contributed by atoms with Gasteiger partial charge in [-0.25, -0.2) is 0 Å². The van der Waals surface area contributed by atoms with Crippen LogP contribution in [0, 0.1) is 11.8 Å². The number of para-hydroxylation sites is 1. The molecular weight excluding hydrogens is 212 g/mol. The molecular formula is C15H20O2. The summed E-state index contributed by atoms with van der Waals surface area (Å²) < 4.78 is 0. The highest BCUT2D eigenvalue weighted by Crippen LogP contribution is 2.22. The van der Waals surface area contributed by atoms with Gasteiger partial charge in [-0.3, -0.25) is 0 Å². The van der Waals surface area contributed by atoms with E-state index in [4.69, 9.17) is 0 Å². The molecule has 0 spiro atoms. The fraction of sp³-hybridized carbons (Fsp3) is 0.467. The molecule has 0 amide bonds. The van der Waals surface area contributed by atoms with Crippen LogP contribution < -0.4 is 0 Å². The summed E-state index contributed by atoms with van der Waals surface area (Å²) in [5, 5.41) is 19.3. The number of phenolic OH excluding ortho intramolecular Hbond substituents is 1. The van der Waals surface area contributed by atoms with E-state index in [1.165, 1.54) is 19.3 Å². The van der Waals surface area contributed by atoms with Crippen LogP contribution in [0.5, 0.6) is 5.75 Å². The first kappa shape index (κ1) is 13.6. The molecule has 0 aromatic heterocycles. The van der Waals surface area contributed by atoms with Crippen LogP contribution in [-0.4, -0.2) is 10.2 Å². The summed E-state index contributed by atoms with van der Waals surface area (Å²) in [6.07, 6.45) is 4.65. The lowest BCUT2D eigenvalue weighted by Gasteiger charge is -2.05. The van der Waals surface area contributed by atoms with E-state index in [9.17, 15) is 10.2 Å². The molecule has 2 N–H and O–H groups in total. The largest absolute Gasteiger partial charge is 0.508 e. The SMILES string of the molecule is CCCCCCC#CC(O)c1ccccc1O. The molecule has 2 nitrogen and oxygen atoms in total. The average Bonchev–Trinajstić information content (AvgIpc) is 2.34. The highest BCUT2D eigenvalue weighted by molar-refractivity contribution is 5.37. The molecule has 92 valence electrons. The van der Waals surface area contributed by atoms with E-state index in [0.717, 1.165) is 12.8 Å². The normalized spacial score (nSPS) is 11.6. The lowest BCUT2D eigenvalue weighted by molar-refractivity contribution is 0.233. The fourth-order valence-corrected chi connectivity index (χ4v) is 1.61. The third kappa shape index (κ3) is 4.93. The van der Waals surface area contributed by atoms with E-state index < -0.39 is 6.10 Å². The quantitative estimate of drug-likeness (QED) is 0.603. The summed E-state index contributed by atoms with van der Waals surface area (Å²) in [7, 11) is 0. The molecule has 1 atom stereocenters. The van der Waals surface area contributed by atoms with Crippen molar-refractivity contribution in [2.45, 2.75) is 45.1 Å². The van der Waals surface area contributed by atoms with Gasteiger partial charge in [0, 0.05) is 12.0 Å². The molecule has 0 heterocycles. The van der Waals surface area contributed by atoms with Crippen molar-refractivity contribution in [2.24, 2.45) is 0 Å². The number of rotatable bonds is 5. The molecule has 1 aromatic rings. The Bertz CT molecular complexity index is 387. The number of benzene rings is 1. The first-order valence-electron chi connectivity index (χ1n) is 6.20. The summed E-state index contributed by atoms with van der Waals surface area (Å²) in [6.45, 7) is 2.17. The molecule has 17 heavy (non-hydrogen) atoms. The predicted octanol–water partition coefficient (Wildman–Crippen LogP) is 3.40. The van der Waals surface area contributed by atoms with Crippen LogP contribution in [-0.2, 0) is 0 Å². The molecule has 1 aromatic carbocycles. The number of aliphatic hydroxyl groups excluding tert-OH is 1. The maximum absolute atomic E-state index is 9.77. The Hall–Kier alpha value is -1.46. The highest BCUT2D eigenvalue weighted by Gasteiger charge is 2.07. The van der Waals surface area contributed by atoms with E-state index in [-0.39, 0.29) is 5.75 Å². The van der Waals surface area contributed by atoms with Crippen LogP contribution in [0.1, 0.15) is 50.7 Å². The Morgan fingerprint density at radius 1 is 1.18 bits per heavy atom. The molecule has 1 unspecified atom stereocenters. The molecule has 1 rings (SSSR count). The Labute approximate surface area is 103 Å². The van der Waals surface area contributed by atoms with Crippen molar-refractivity contribution in [3.8, 4) is 17.6 Å². The average molecular weight is 232 g/mol. The molecule has 0 radical (unpaired) electrons. The van der Waals surface area contributed by atoms with Crippen LogP contribution >= 0.6 is 0 Å². The van der Waals surface area contributed by atoms with Gasteiger partial charge in [-0.1, -0.05) is 50.3 Å². The molecule has 2 heteroatoms. The van der Waals surface area contributed by atoms with Crippen LogP contribution in [0.15, 0.2) is 24.3 Å². The minimum Gasteiger partial charge on any atom is -0.508 e. The Morgan fingerprint density at radius 3 is 2.65 bits per heavy atom. The standard InChI is InChI=1S/C15H20O2/c1-2-3-4-5-6-7-11-14(16)13-10-8-9-12-15(13)17/h8-10,12,14,16-17H,2-6H2,1H3. The van der Waals surface area contributed by atoms with Crippen molar-refractivity contribution < 1.29 is 10.2 Å². The molecule has 0 aliphatic rings. The van der Waals surface area contributed by atoms with Gasteiger partial charge in [-0.2, -0.15) is 0 Å². The predicted molar refractivity (Wildman–Crippen MR) is 69.6 cm³/mol. The van der Waals surface area contributed by atoms with Crippen LogP contribution in [0.4, 0.5) is 0 Å². The topological polar surface area (TPSA) is 40.5 Å². The number of aliphatic hydroxyl groups is 1. The number of hydrogen-bond acceptors (Lipinski definition) is 2. The molecule has 0 saturated carbocycles. The van der Waals surface area contributed by atoms with Crippen molar-refractivity contribution >= 4 is 0 Å². The third-order valence-corrected chi connectivity index (χ3v) is 2.63. The second-order valence-corrected chi connectivity index (χ2v) is 4.09. The summed E-state index contributed by atoms with van der Waals surface area (Å²) in [4.78, 5) is 0. The van der Waals surface area contributed by atoms with Gasteiger partial charge in [0.2, 0.25) is 0 Å². The second-order valence-electron chi connectivity index (χ2n) is 4.09. The lowest BCUT2D eigenvalue weighted by atomic mass is 10.1.